The number of hydrogen-bond acceptors (Lipinski definition) is 6. The lowest BCUT2D eigenvalue weighted by Gasteiger charge is -2.31. The molecule has 8 heteroatoms. The number of aromatic nitrogens is 2. The molecule has 7 nitrogen and oxygen atoms in total. The van der Waals surface area contributed by atoms with Crippen LogP contribution in [0.5, 0.6) is 0 Å². The monoisotopic (exact) mass is 387 g/mol. The van der Waals surface area contributed by atoms with Gasteiger partial charge in [0.25, 0.3) is 0 Å². The highest BCUT2D eigenvalue weighted by Gasteiger charge is 2.27. The smallest absolute Gasteiger partial charge is 0.240 e. The maximum absolute atomic E-state index is 12.6. The molecule has 1 aliphatic rings. The van der Waals surface area contributed by atoms with Crippen LogP contribution in [0.2, 0.25) is 0 Å². The Balaban J connectivity index is 1.52. The van der Waals surface area contributed by atoms with Crippen molar-refractivity contribution < 1.29 is 9.59 Å². The minimum absolute atomic E-state index is 0.00289. The third kappa shape index (κ3) is 5.33. The Morgan fingerprint density at radius 1 is 1.30 bits per heavy atom. The van der Waals surface area contributed by atoms with Gasteiger partial charge in [-0.1, -0.05) is 0 Å². The van der Waals surface area contributed by atoms with Gasteiger partial charge in [0.1, 0.15) is 0 Å². The number of pyridine rings is 1. The molecule has 0 bridgehead atoms. The van der Waals surface area contributed by atoms with Crippen LogP contribution >= 0.6 is 11.3 Å². The number of hydrogen-bond donors (Lipinski definition) is 2. The summed E-state index contributed by atoms with van der Waals surface area (Å²) in [6.45, 7) is 7.49. The van der Waals surface area contributed by atoms with Gasteiger partial charge in [0, 0.05) is 29.0 Å². The van der Waals surface area contributed by atoms with E-state index in [0.29, 0.717) is 11.7 Å². The number of carbonyl (C=O) groups excluding carboxylic acids is 2. The predicted octanol–water partition coefficient (Wildman–Crippen LogP) is 2.75. The van der Waals surface area contributed by atoms with Crippen molar-refractivity contribution >= 4 is 34.0 Å². The lowest BCUT2D eigenvalue weighted by Crippen LogP contribution is -2.44. The molecule has 2 aromatic rings. The number of likely N-dealkylation sites (tertiary alicyclic amines) is 1. The second kappa shape index (κ2) is 8.58. The van der Waals surface area contributed by atoms with E-state index in [1.165, 1.54) is 11.3 Å². The number of thiazole rings is 1. The fraction of sp³-hybridized carbons (Fsp3) is 0.474. The molecule has 3 rings (SSSR count). The summed E-state index contributed by atoms with van der Waals surface area (Å²) in [5.41, 5.74) is 2.57. The zero-order chi connectivity index (χ0) is 19.4. The lowest BCUT2D eigenvalue weighted by molar-refractivity contribution is -0.123. The number of amides is 2. The van der Waals surface area contributed by atoms with Gasteiger partial charge >= 0.3 is 0 Å². The Kier molecular flexibility index (Phi) is 6.18. The molecule has 0 aliphatic carbocycles. The predicted molar refractivity (Wildman–Crippen MR) is 107 cm³/mol. The number of carbonyl (C=O) groups is 2. The van der Waals surface area contributed by atoms with Crippen molar-refractivity contribution in [3.05, 3.63) is 34.6 Å². The molecule has 1 saturated heterocycles. The van der Waals surface area contributed by atoms with E-state index >= 15 is 0 Å². The van der Waals surface area contributed by atoms with E-state index in [1.54, 1.807) is 12.3 Å². The molecule has 0 spiro atoms. The number of nitrogens with zero attached hydrogens (tertiary/aromatic N) is 3. The molecule has 0 aromatic carbocycles. The van der Waals surface area contributed by atoms with E-state index in [-0.39, 0.29) is 24.3 Å². The summed E-state index contributed by atoms with van der Waals surface area (Å²) in [6, 6.07) is 3.64. The highest BCUT2D eigenvalue weighted by molar-refractivity contribution is 7.15. The number of rotatable bonds is 5. The highest BCUT2D eigenvalue weighted by Crippen LogP contribution is 2.22. The molecule has 27 heavy (non-hydrogen) atoms. The third-order valence-corrected chi connectivity index (χ3v) is 5.67. The van der Waals surface area contributed by atoms with Crippen molar-refractivity contribution in [2.75, 3.05) is 30.3 Å². The average Bonchev–Trinajstić information content (AvgIpc) is 2.92. The van der Waals surface area contributed by atoms with E-state index in [0.717, 1.165) is 41.3 Å². The molecule has 1 atom stereocenters. The first-order valence-electron chi connectivity index (χ1n) is 9.10. The maximum Gasteiger partial charge on any atom is 0.240 e. The topological polar surface area (TPSA) is 87.2 Å². The van der Waals surface area contributed by atoms with Gasteiger partial charge in [-0.15, -0.1) is 11.3 Å². The zero-order valence-corrected chi connectivity index (χ0v) is 16.7. The Morgan fingerprint density at radius 3 is 2.81 bits per heavy atom. The molecule has 1 aliphatic heterocycles. The fourth-order valence-corrected chi connectivity index (χ4v) is 4.00. The van der Waals surface area contributed by atoms with Crippen LogP contribution < -0.4 is 10.6 Å². The van der Waals surface area contributed by atoms with E-state index in [4.69, 9.17) is 0 Å². The number of aryl methyl sites for hydroxylation is 3. The van der Waals surface area contributed by atoms with Crippen molar-refractivity contribution in [1.82, 2.24) is 14.9 Å². The Labute approximate surface area is 163 Å². The van der Waals surface area contributed by atoms with Crippen molar-refractivity contribution in [1.29, 1.82) is 0 Å². The van der Waals surface area contributed by atoms with Crippen molar-refractivity contribution in [2.24, 2.45) is 5.92 Å². The summed E-state index contributed by atoms with van der Waals surface area (Å²) in [5, 5.41) is 6.45. The molecule has 1 fully saturated rings. The number of piperidine rings is 1. The molecule has 2 amide bonds. The Bertz CT molecular complexity index is 816. The number of nitrogens with one attached hydrogen (secondary N) is 2. The summed E-state index contributed by atoms with van der Waals surface area (Å²) in [7, 11) is 0. The van der Waals surface area contributed by atoms with Crippen molar-refractivity contribution in [2.45, 2.75) is 33.6 Å². The van der Waals surface area contributed by atoms with Crippen LogP contribution in [0, 0.1) is 26.7 Å². The summed E-state index contributed by atoms with van der Waals surface area (Å²) >= 11 is 1.48. The third-order valence-electron chi connectivity index (χ3n) is 4.68. The van der Waals surface area contributed by atoms with Crippen LogP contribution in [-0.4, -0.2) is 46.3 Å². The minimum atomic E-state index is -0.121. The standard InChI is InChI=1S/C19H25N5O2S/c1-12-9-16(6-7-20-12)22-18(26)15-5-4-8-24(10-15)11-17(25)23-19-21-13(2)14(3)27-19/h6-7,9,15H,4-5,8,10-11H2,1-3H3,(H,20,22,26)(H,21,23,25). The van der Waals surface area contributed by atoms with Crippen LogP contribution in [0.25, 0.3) is 0 Å². The molecule has 144 valence electrons. The molecule has 3 heterocycles. The van der Waals surface area contributed by atoms with E-state index < -0.39 is 0 Å². The van der Waals surface area contributed by atoms with Gasteiger partial charge in [-0.25, -0.2) is 4.98 Å². The second-order valence-corrected chi connectivity index (χ2v) is 8.16. The zero-order valence-electron chi connectivity index (χ0n) is 15.9. The van der Waals surface area contributed by atoms with Crippen molar-refractivity contribution in [3.8, 4) is 0 Å². The fourth-order valence-electron chi connectivity index (χ4n) is 3.17. The quantitative estimate of drug-likeness (QED) is 0.824. The number of anilines is 2. The average molecular weight is 388 g/mol. The van der Waals surface area contributed by atoms with Crippen molar-refractivity contribution in [3.63, 3.8) is 0 Å². The molecule has 2 N–H and O–H groups in total. The first-order valence-corrected chi connectivity index (χ1v) is 9.92. The van der Waals surface area contributed by atoms with Crippen LogP contribution in [0.15, 0.2) is 18.3 Å². The van der Waals surface area contributed by atoms with Crippen LogP contribution in [0.3, 0.4) is 0 Å². The van der Waals surface area contributed by atoms with Gasteiger partial charge in [-0.3, -0.25) is 19.5 Å². The van der Waals surface area contributed by atoms with E-state index in [9.17, 15) is 9.59 Å². The molecule has 0 saturated carbocycles. The first-order chi connectivity index (χ1) is 12.9. The van der Waals surface area contributed by atoms with Gasteiger partial charge in [0.15, 0.2) is 5.13 Å². The summed E-state index contributed by atoms with van der Waals surface area (Å²) in [4.78, 5) is 36.5. The van der Waals surface area contributed by atoms with Crippen LogP contribution in [0.4, 0.5) is 10.8 Å². The summed E-state index contributed by atoms with van der Waals surface area (Å²) in [5.74, 6) is -0.212. The lowest BCUT2D eigenvalue weighted by atomic mass is 9.97. The van der Waals surface area contributed by atoms with E-state index in [1.807, 2.05) is 31.7 Å². The first kappa shape index (κ1) is 19.4. The molecule has 1 unspecified atom stereocenters. The molecule has 0 radical (unpaired) electrons. The van der Waals surface area contributed by atoms with Crippen LogP contribution in [-0.2, 0) is 9.59 Å². The highest BCUT2D eigenvalue weighted by atomic mass is 32.1. The molecule has 2 aromatic heterocycles. The normalized spacial score (nSPS) is 17.5. The Hall–Kier alpha value is -2.32. The van der Waals surface area contributed by atoms with E-state index in [2.05, 4.69) is 20.6 Å². The van der Waals surface area contributed by atoms with Gasteiger partial charge in [0.05, 0.1) is 18.2 Å². The summed E-state index contributed by atoms with van der Waals surface area (Å²) in [6.07, 6.45) is 3.42. The maximum atomic E-state index is 12.6. The minimum Gasteiger partial charge on any atom is -0.326 e. The largest absolute Gasteiger partial charge is 0.326 e. The summed E-state index contributed by atoms with van der Waals surface area (Å²) < 4.78 is 0. The SMILES string of the molecule is Cc1cc(NC(=O)C2CCCN(CC(=O)Nc3nc(C)c(C)s3)C2)ccn1. The molecular formula is C19H25N5O2S. The second-order valence-electron chi connectivity index (χ2n) is 6.96. The van der Waals surface area contributed by atoms with Gasteiger partial charge in [-0.2, -0.15) is 0 Å². The van der Waals surface area contributed by atoms with Gasteiger partial charge in [-0.05, 0) is 52.3 Å². The molecular weight excluding hydrogens is 362 g/mol. The van der Waals surface area contributed by atoms with Gasteiger partial charge < -0.3 is 10.6 Å². The van der Waals surface area contributed by atoms with Crippen LogP contribution in [0.1, 0.15) is 29.1 Å². The van der Waals surface area contributed by atoms with Gasteiger partial charge in [0.2, 0.25) is 11.8 Å². The Morgan fingerprint density at radius 2 is 2.11 bits per heavy atom.